The third-order valence-corrected chi connectivity index (χ3v) is 4.64. The first-order valence-corrected chi connectivity index (χ1v) is 8.87. The van der Waals surface area contributed by atoms with Crippen molar-refractivity contribution in [3.63, 3.8) is 0 Å². The third kappa shape index (κ3) is 2.94. The van der Waals surface area contributed by atoms with E-state index in [1.807, 2.05) is 31.2 Å². The Bertz CT molecular complexity index is 1060. The van der Waals surface area contributed by atoms with Crippen LogP contribution in [0.5, 0.6) is 0 Å². The number of benzene rings is 1. The number of fused-ring (bicyclic) bond motifs is 1. The summed E-state index contributed by atoms with van der Waals surface area (Å²) < 4.78 is 7.59. The van der Waals surface area contributed by atoms with Crippen molar-refractivity contribution in [2.24, 2.45) is 5.92 Å². The molecule has 130 valence electrons. The van der Waals surface area contributed by atoms with Gasteiger partial charge in [-0.25, -0.2) is 4.98 Å². The SMILES string of the molecule is Cc1ncc(-c2ccc(Nc3cccc4cn(CC5CC5)nc34)cn2)o1. The lowest BCUT2D eigenvalue weighted by molar-refractivity contribution is 0.532. The van der Waals surface area contributed by atoms with Crippen molar-refractivity contribution in [1.29, 1.82) is 0 Å². The average Bonchev–Trinajstić information content (AvgIpc) is 3.18. The van der Waals surface area contributed by atoms with Crippen LogP contribution in [0.3, 0.4) is 0 Å². The van der Waals surface area contributed by atoms with Gasteiger partial charge in [0, 0.05) is 25.1 Å². The molecule has 1 aromatic carbocycles. The number of oxazole rings is 1. The van der Waals surface area contributed by atoms with Crippen molar-refractivity contribution in [3.8, 4) is 11.5 Å². The molecule has 1 saturated carbocycles. The van der Waals surface area contributed by atoms with Crippen molar-refractivity contribution in [1.82, 2.24) is 19.7 Å². The van der Waals surface area contributed by atoms with Crippen LogP contribution in [0.15, 0.2) is 53.3 Å². The monoisotopic (exact) mass is 345 g/mol. The lowest BCUT2D eigenvalue weighted by Gasteiger charge is -2.07. The minimum atomic E-state index is 0.637. The van der Waals surface area contributed by atoms with Gasteiger partial charge in [0.1, 0.15) is 11.2 Å². The van der Waals surface area contributed by atoms with Crippen molar-refractivity contribution < 1.29 is 4.42 Å². The molecule has 3 heterocycles. The van der Waals surface area contributed by atoms with Crippen LogP contribution in [-0.4, -0.2) is 19.7 Å². The van der Waals surface area contributed by atoms with E-state index in [1.54, 1.807) is 12.4 Å². The van der Waals surface area contributed by atoms with Crippen LogP contribution in [0, 0.1) is 12.8 Å². The number of aromatic nitrogens is 4. The van der Waals surface area contributed by atoms with Crippen LogP contribution in [0.2, 0.25) is 0 Å². The highest BCUT2D eigenvalue weighted by atomic mass is 16.4. The summed E-state index contributed by atoms with van der Waals surface area (Å²) in [5.41, 5.74) is 3.66. The van der Waals surface area contributed by atoms with Gasteiger partial charge in [-0.3, -0.25) is 9.67 Å². The summed E-state index contributed by atoms with van der Waals surface area (Å²) in [7, 11) is 0. The van der Waals surface area contributed by atoms with Gasteiger partial charge in [0.05, 0.1) is 23.8 Å². The predicted octanol–water partition coefficient (Wildman–Crippen LogP) is 4.55. The van der Waals surface area contributed by atoms with E-state index in [1.165, 1.54) is 12.8 Å². The van der Waals surface area contributed by atoms with E-state index < -0.39 is 0 Å². The fourth-order valence-electron chi connectivity index (χ4n) is 3.10. The topological polar surface area (TPSA) is 68.8 Å². The van der Waals surface area contributed by atoms with Gasteiger partial charge in [0.15, 0.2) is 11.7 Å². The zero-order valence-corrected chi connectivity index (χ0v) is 14.5. The normalized spacial score (nSPS) is 14.0. The van der Waals surface area contributed by atoms with Crippen LogP contribution in [0.1, 0.15) is 18.7 Å². The molecule has 3 aromatic heterocycles. The molecule has 1 fully saturated rings. The second-order valence-electron chi connectivity index (χ2n) is 6.84. The molecular formula is C20H19N5O. The molecule has 1 aliphatic rings. The molecule has 0 saturated heterocycles. The second-order valence-corrected chi connectivity index (χ2v) is 6.84. The number of nitrogens with zero attached hydrogens (tertiary/aromatic N) is 4. The summed E-state index contributed by atoms with van der Waals surface area (Å²) in [5.74, 6) is 2.12. The first kappa shape index (κ1) is 15.1. The van der Waals surface area contributed by atoms with Crippen LogP contribution >= 0.6 is 0 Å². The summed E-state index contributed by atoms with van der Waals surface area (Å²) >= 11 is 0. The lowest BCUT2D eigenvalue weighted by atomic mass is 10.2. The summed E-state index contributed by atoms with van der Waals surface area (Å²) in [4.78, 5) is 8.58. The Labute approximate surface area is 150 Å². The highest BCUT2D eigenvalue weighted by Gasteiger charge is 2.22. The molecule has 0 aliphatic heterocycles. The van der Waals surface area contributed by atoms with Gasteiger partial charge in [-0.15, -0.1) is 0 Å². The zero-order valence-electron chi connectivity index (χ0n) is 14.5. The van der Waals surface area contributed by atoms with Crippen LogP contribution in [-0.2, 0) is 6.54 Å². The Balaban J connectivity index is 1.40. The highest BCUT2D eigenvalue weighted by Crippen LogP contribution is 2.32. The highest BCUT2D eigenvalue weighted by molar-refractivity contribution is 5.91. The van der Waals surface area contributed by atoms with E-state index in [4.69, 9.17) is 9.52 Å². The largest absolute Gasteiger partial charge is 0.439 e. The fraction of sp³-hybridized carbons (Fsp3) is 0.250. The molecule has 0 spiro atoms. The van der Waals surface area contributed by atoms with Crippen molar-refractivity contribution in [2.75, 3.05) is 5.32 Å². The first-order valence-electron chi connectivity index (χ1n) is 8.87. The molecule has 0 bridgehead atoms. The maximum absolute atomic E-state index is 5.52. The Kier molecular flexibility index (Phi) is 3.48. The molecular weight excluding hydrogens is 326 g/mol. The predicted molar refractivity (Wildman–Crippen MR) is 100 cm³/mol. The molecule has 6 nitrogen and oxygen atoms in total. The molecule has 0 unspecified atom stereocenters. The van der Waals surface area contributed by atoms with E-state index >= 15 is 0 Å². The number of hydrogen-bond acceptors (Lipinski definition) is 5. The molecule has 26 heavy (non-hydrogen) atoms. The van der Waals surface area contributed by atoms with E-state index in [2.05, 4.69) is 32.2 Å². The van der Waals surface area contributed by atoms with Crippen LogP contribution in [0.4, 0.5) is 11.4 Å². The maximum Gasteiger partial charge on any atom is 0.191 e. The van der Waals surface area contributed by atoms with Crippen LogP contribution in [0.25, 0.3) is 22.4 Å². The van der Waals surface area contributed by atoms with Crippen LogP contribution < -0.4 is 5.32 Å². The van der Waals surface area contributed by atoms with E-state index in [9.17, 15) is 0 Å². The smallest absolute Gasteiger partial charge is 0.191 e. The van der Waals surface area contributed by atoms with E-state index in [0.717, 1.165) is 40.4 Å². The average molecular weight is 345 g/mol. The van der Waals surface area contributed by atoms with Gasteiger partial charge in [-0.05, 0) is 37.0 Å². The zero-order chi connectivity index (χ0) is 17.5. The van der Waals surface area contributed by atoms with E-state index in [0.29, 0.717) is 11.7 Å². The molecule has 1 N–H and O–H groups in total. The minimum absolute atomic E-state index is 0.637. The molecule has 0 radical (unpaired) electrons. The summed E-state index contributed by atoms with van der Waals surface area (Å²) in [6.45, 7) is 2.84. The van der Waals surface area contributed by atoms with Crippen molar-refractivity contribution in [3.05, 3.63) is 54.8 Å². The summed E-state index contributed by atoms with van der Waals surface area (Å²) in [6, 6.07) is 10.1. The molecule has 1 aliphatic carbocycles. The van der Waals surface area contributed by atoms with Crippen molar-refractivity contribution >= 4 is 22.3 Å². The Morgan fingerprint density at radius 2 is 2.08 bits per heavy atom. The number of hydrogen-bond donors (Lipinski definition) is 1. The second kappa shape index (κ2) is 5.98. The van der Waals surface area contributed by atoms with Gasteiger partial charge < -0.3 is 9.73 Å². The molecule has 5 rings (SSSR count). The Morgan fingerprint density at radius 1 is 1.15 bits per heavy atom. The van der Waals surface area contributed by atoms with Gasteiger partial charge >= 0.3 is 0 Å². The number of aryl methyl sites for hydroxylation is 1. The van der Waals surface area contributed by atoms with Gasteiger partial charge in [0.25, 0.3) is 0 Å². The Hall–Kier alpha value is -3.15. The molecule has 6 heteroatoms. The van der Waals surface area contributed by atoms with Crippen molar-refractivity contribution in [2.45, 2.75) is 26.3 Å². The summed E-state index contributed by atoms with van der Waals surface area (Å²) in [6.07, 6.45) is 8.27. The summed E-state index contributed by atoms with van der Waals surface area (Å²) in [5, 5.41) is 9.35. The quantitative estimate of drug-likeness (QED) is 0.575. The first-order chi connectivity index (χ1) is 12.7. The van der Waals surface area contributed by atoms with E-state index in [-0.39, 0.29) is 0 Å². The number of pyridine rings is 1. The number of rotatable bonds is 5. The van der Waals surface area contributed by atoms with Gasteiger partial charge in [0.2, 0.25) is 0 Å². The number of anilines is 2. The van der Waals surface area contributed by atoms with Gasteiger partial charge in [-0.2, -0.15) is 5.10 Å². The lowest BCUT2D eigenvalue weighted by Crippen LogP contribution is -2.00. The fourth-order valence-corrected chi connectivity index (χ4v) is 3.10. The molecule has 0 amide bonds. The third-order valence-electron chi connectivity index (χ3n) is 4.64. The molecule has 0 atom stereocenters. The van der Waals surface area contributed by atoms with Gasteiger partial charge in [-0.1, -0.05) is 12.1 Å². The molecule has 4 aromatic rings. The number of nitrogens with one attached hydrogen (secondary N) is 1. The maximum atomic E-state index is 5.52. The Morgan fingerprint density at radius 3 is 2.81 bits per heavy atom. The standard InChI is InChI=1S/C20H19N5O/c1-13-21-10-19(26-13)17-8-7-16(9-22-17)23-18-4-2-3-15-12-25(24-20(15)18)11-14-5-6-14/h2-4,7-10,12,14,23H,5-6,11H2,1H3. The minimum Gasteiger partial charge on any atom is -0.439 e.